The maximum atomic E-state index is 6.29. The fourth-order valence-corrected chi connectivity index (χ4v) is 3.69. The summed E-state index contributed by atoms with van der Waals surface area (Å²) in [6.07, 6.45) is 13.6. The minimum absolute atomic E-state index is 0.800. The van der Waals surface area contributed by atoms with Crippen LogP contribution in [-0.4, -0.2) is 13.2 Å². The minimum atomic E-state index is 0.800. The van der Waals surface area contributed by atoms with E-state index in [2.05, 4.69) is 51.1 Å². The maximum Gasteiger partial charge on any atom is 0.130 e. The molecule has 0 unspecified atom stereocenters. The van der Waals surface area contributed by atoms with Crippen LogP contribution in [0.15, 0.2) is 30.3 Å². The summed E-state index contributed by atoms with van der Waals surface area (Å²) in [7, 11) is 0. The largest absolute Gasteiger partial charge is 0.493 e. The van der Waals surface area contributed by atoms with Gasteiger partial charge in [0.05, 0.1) is 13.2 Å². The Hall–Kier alpha value is -1.70. The van der Waals surface area contributed by atoms with Crippen LogP contribution in [0.4, 0.5) is 0 Å². The third-order valence-electron chi connectivity index (χ3n) is 5.41. The van der Waals surface area contributed by atoms with Crippen molar-refractivity contribution < 1.29 is 9.47 Å². The Bertz CT molecular complexity index is 677. The lowest BCUT2D eigenvalue weighted by Crippen LogP contribution is -2.03. The Labute approximate surface area is 172 Å². The van der Waals surface area contributed by atoms with Crippen LogP contribution in [0.25, 0.3) is 10.8 Å². The van der Waals surface area contributed by atoms with Gasteiger partial charge >= 0.3 is 0 Å². The smallest absolute Gasteiger partial charge is 0.130 e. The van der Waals surface area contributed by atoms with E-state index >= 15 is 0 Å². The van der Waals surface area contributed by atoms with Crippen LogP contribution in [0.5, 0.6) is 11.5 Å². The molecule has 0 radical (unpaired) electrons. The molecular weight excluding hydrogens is 344 g/mol. The number of rotatable bonds is 15. The van der Waals surface area contributed by atoms with E-state index in [9.17, 15) is 0 Å². The number of fused-ring (bicyclic) bond motifs is 1. The van der Waals surface area contributed by atoms with Crippen molar-refractivity contribution in [2.24, 2.45) is 0 Å². The first kappa shape index (κ1) is 22.6. The van der Waals surface area contributed by atoms with Crippen molar-refractivity contribution >= 4 is 10.8 Å². The van der Waals surface area contributed by atoms with Gasteiger partial charge in [-0.05, 0) is 30.9 Å². The van der Waals surface area contributed by atoms with Gasteiger partial charge in [-0.25, -0.2) is 0 Å². The fraction of sp³-hybridized carbons (Fsp3) is 0.615. The van der Waals surface area contributed by atoms with E-state index in [4.69, 9.17) is 9.47 Å². The highest BCUT2D eigenvalue weighted by Gasteiger charge is 2.13. The molecule has 0 N–H and O–H groups in total. The van der Waals surface area contributed by atoms with Crippen LogP contribution in [0.1, 0.15) is 90.5 Å². The summed E-state index contributed by atoms with van der Waals surface area (Å²) in [6, 6.07) is 10.7. The summed E-state index contributed by atoms with van der Waals surface area (Å²) < 4.78 is 12.5. The molecule has 0 aliphatic carbocycles. The molecule has 0 saturated carbocycles. The molecule has 2 aromatic carbocycles. The summed E-state index contributed by atoms with van der Waals surface area (Å²) in [5.41, 5.74) is 1.26. The Morgan fingerprint density at radius 2 is 1.21 bits per heavy atom. The van der Waals surface area contributed by atoms with Gasteiger partial charge in [0.2, 0.25) is 0 Å². The van der Waals surface area contributed by atoms with Crippen molar-refractivity contribution in [1.82, 2.24) is 0 Å². The zero-order chi connectivity index (χ0) is 20.0. The number of hydrogen-bond acceptors (Lipinski definition) is 2. The molecule has 156 valence electrons. The summed E-state index contributed by atoms with van der Waals surface area (Å²) >= 11 is 0. The van der Waals surface area contributed by atoms with Crippen molar-refractivity contribution in [2.45, 2.75) is 91.4 Å². The highest BCUT2D eigenvalue weighted by atomic mass is 16.5. The quantitative estimate of drug-likeness (QED) is 0.289. The lowest BCUT2D eigenvalue weighted by Gasteiger charge is -2.17. The molecule has 2 aromatic rings. The molecule has 2 nitrogen and oxygen atoms in total. The van der Waals surface area contributed by atoms with Crippen molar-refractivity contribution in [2.75, 3.05) is 13.2 Å². The second-order valence-electron chi connectivity index (χ2n) is 7.79. The lowest BCUT2D eigenvalue weighted by atomic mass is 10.0. The summed E-state index contributed by atoms with van der Waals surface area (Å²) in [5.74, 6) is 2.07. The van der Waals surface area contributed by atoms with Gasteiger partial charge in [-0.1, -0.05) is 96.4 Å². The van der Waals surface area contributed by atoms with Crippen LogP contribution in [0.2, 0.25) is 0 Å². The van der Waals surface area contributed by atoms with Gasteiger partial charge in [-0.15, -0.1) is 0 Å². The van der Waals surface area contributed by atoms with E-state index in [0.29, 0.717) is 0 Å². The normalized spacial score (nSPS) is 11.1. The van der Waals surface area contributed by atoms with Crippen molar-refractivity contribution in [3.8, 4) is 11.5 Å². The van der Waals surface area contributed by atoms with E-state index in [0.717, 1.165) is 44.0 Å². The van der Waals surface area contributed by atoms with E-state index in [1.54, 1.807) is 0 Å². The first-order chi connectivity index (χ1) is 13.8. The molecular formula is C26H40O2. The third kappa shape index (κ3) is 7.04. The zero-order valence-corrected chi connectivity index (χ0v) is 18.4. The van der Waals surface area contributed by atoms with E-state index in [-0.39, 0.29) is 0 Å². The molecule has 0 amide bonds. The highest BCUT2D eigenvalue weighted by molar-refractivity contribution is 5.94. The number of unbranched alkanes of at least 4 members (excludes halogenated alkanes) is 8. The number of hydrogen-bond donors (Lipinski definition) is 0. The van der Waals surface area contributed by atoms with Gasteiger partial charge in [0.1, 0.15) is 11.5 Å². The minimum Gasteiger partial charge on any atom is -0.493 e. The van der Waals surface area contributed by atoms with Gasteiger partial charge in [0, 0.05) is 10.8 Å². The summed E-state index contributed by atoms with van der Waals surface area (Å²) in [6.45, 7) is 8.31. The average molecular weight is 385 g/mol. The van der Waals surface area contributed by atoms with Gasteiger partial charge in [-0.2, -0.15) is 0 Å². The SMILES string of the molecule is CCCCCCCOc1cc(CC)c(OCCCCCCC)c2ccccc12. The molecule has 0 aromatic heterocycles. The molecule has 28 heavy (non-hydrogen) atoms. The molecule has 0 atom stereocenters. The molecule has 0 bridgehead atoms. The Morgan fingerprint density at radius 1 is 0.643 bits per heavy atom. The van der Waals surface area contributed by atoms with Crippen molar-refractivity contribution in [3.05, 3.63) is 35.9 Å². The Morgan fingerprint density at radius 3 is 1.82 bits per heavy atom. The first-order valence-electron chi connectivity index (χ1n) is 11.6. The number of benzene rings is 2. The van der Waals surface area contributed by atoms with E-state index < -0.39 is 0 Å². The molecule has 0 fully saturated rings. The molecule has 2 heteroatoms. The molecule has 0 heterocycles. The van der Waals surface area contributed by atoms with Gasteiger partial charge in [-0.3, -0.25) is 0 Å². The van der Waals surface area contributed by atoms with E-state index in [1.165, 1.54) is 67.7 Å². The monoisotopic (exact) mass is 384 g/mol. The van der Waals surface area contributed by atoms with Crippen LogP contribution in [0, 0.1) is 0 Å². The van der Waals surface area contributed by atoms with Gasteiger partial charge in [0.25, 0.3) is 0 Å². The number of aryl methyl sites for hydroxylation is 1. The van der Waals surface area contributed by atoms with Crippen molar-refractivity contribution in [1.29, 1.82) is 0 Å². The summed E-state index contributed by atoms with van der Waals surface area (Å²) in [4.78, 5) is 0. The van der Waals surface area contributed by atoms with Crippen LogP contribution < -0.4 is 9.47 Å². The molecule has 0 spiro atoms. The Balaban J connectivity index is 2.04. The highest BCUT2D eigenvalue weighted by Crippen LogP contribution is 2.37. The molecule has 0 aliphatic rings. The predicted molar refractivity (Wildman–Crippen MR) is 122 cm³/mol. The van der Waals surface area contributed by atoms with Crippen LogP contribution in [0.3, 0.4) is 0 Å². The number of ether oxygens (including phenoxy) is 2. The second kappa shape index (κ2) is 13.5. The molecule has 0 aliphatic heterocycles. The van der Waals surface area contributed by atoms with Crippen molar-refractivity contribution in [3.63, 3.8) is 0 Å². The standard InChI is InChI=1S/C26H40O2/c1-4-7-9-11-15-19-27-25-21-22(6-3)26(24-18-14-13-17-23(24)25)28-20-16-12-10-8-5-2/h13-14,17-18,21H,4-12,15-16,19-20H2,1-3H3. The zero-order valence-electron chi connectivity index (χ0n) is 18.4. The van der Waals surface area contributed by atoms with Gasteiger partial charge in [0.15, 0.2) is 0 Å². The van der Waals surface area contributed by atoms with Crippen LogP contribution in [-0.2, 0) is 6.42 Å². The predicted octanol–water partition coefficient (Wildman–Crippen LogP) is 8.10. The molecule has 2 rings (SSSR count). The van der Waals surface area contributed by atoms with Crippen LogP contribution >= 0.6 is 0 Å². The summed E-state index contributed by atoms with van der Waals surface area (Å²) in [5, 5.41) is 2.37. The third-order valence-corrected chi connectivity index (χ3v) is 5.41. The van der Waals surface area contributed by atoms with E-state index in [1.807, 2.05) is 0 Å². The topological polar surface area (TPSA) is 18.5 Å². The molecule has 0 saturated heterocycles. The fourth-order valence-electron chi connectivity index (χ4n) is 3.69. The van der Waals surface area contributed by atoms with Gasteiger partial charge < -0.3 is 9.47 Å². The second-order valence-corrected chi connectivity index (χ2v) is 7.79. The lowest BCUT2D eigenvalue weighted by molar-refractivity contribution is 0.299. The first-order valence-corrected chi connectivity index (χ1v) is 11.6. The average Bonchev–Trinajstić information content (AvgIpc) is 2.73. The Kier molecular flexibility index (Phi) is 10.9. The maximum absolute atomic E-state index is 6.29.